The lowest BCUT2D eigenvalue weighted by atomic mass is 10.3. The number of thiol groups is 1. The largest absolute Gasteiger partial charge is 0.387 e. The van der Waals surface area contributed by atoms with Crippen LogP contribution in [0, 0.1) is 0 Å². The van der Waals surface area contributed by atoms with Gasteiger partial charge >= 0.3 is 0 Å². The zero-order valence-electron chi connectivity index (χ0n) is 5.39. The van der Waals surface area contributed by atoms with Crippen LogP contribution < -0.4 is 4.31 Å². The molecular weight excluding hydrogens is 122 g/mol. The van der Waals surface area contributed by atoms with Crippen LogP contribution in [-0.4, -0.2) is 24.8 Å². The van der Waals surface area contributed by atoms with Crippen LogP contribution in [-0.2, 0) is 0 Å². The molecule has 0 spiro atoms. The molecule has 50 valence electrons. The van der Waals surface area contributed by atoms with Gasteiger partial charge in [-0.3, -0.25) is 4.31 Å². The molecule has 0 aromatic carbocycles. The summed E-state index contributed by atoms with van der Waals surface area (Å²) in [5, 5.41) is 8.96. The van der Waals surface area contributed by atoms with Crippen molar-refractivity contribution in [2.24, 2.45) is 0 Å². The van der Waals surface area contributed by atoms with E-state index in [1.54, 1.807) is 0 Å². The summed E-state index contributed by atoms with van der Waals surface area (Å²) >= 11 is 4.05. The lowest BCUT2D eigenvalue weighted by molar-refractivity contribution is -0.731. The molecule has 2 unspecified atom stereocenters. The highest BCUT2D eigenvalue weighted by atomic mass is 32.1. The number of hydrogen-bond donors (Lipinski definition) is 3. The third-order valence-electron chi connectivity index (χ3n) is 1.00. The van der Waals surface area contributed by atoms with Gasteiger partial charge in [0, 0.05) is 0 Å². The molecule has 0 rings (SSSR count). The second-order valence-electron chi connectivity index (χ2n) is 2.00. The summed E-state index contributed by atoms with van der Waals surface area (Å²) in [6.07, 6.45) is 0.630. The van der Waals surface area contributed by atoms with Gasteiger partial charge in [0.05, 0.1) is 19.9 Å². The third kappa shape index (κ3) is 4.43. The van der Waals surface area contributed by atoms with Crippen LogP contribution >= 0.6 is 12.8 Å². The Balaban J connectivity index is 3.10. The molecule has 0 bridgehead atoms. The minimum absolute atomic E-state index is 0.188. The Kier molecular flexibility index (Phi) is 4.32. The van der Waals surface area contributed by atoms with Crippen molar-refractivity contribution >= 4 is 12.8 Å². The molecule has 2 N–H and O–H groups in total. The van der Waals surface area contributed by atoms with Crippen molar-refractivity contribution in [1.82, 2.24) is 0 Å². The topological polar surface area (TPSA) is 24.7 Å². The highest BCUT2D eigenvalue weighted by Crippen LogP contribution is 1.82. The number of nitrogens with one attached hydrogen (secondary N) is 1. The number of rotatable bonds is 3. The van der Waals surface area contributed by atoms with Crippen molar-refractivity contribution in [1.29, 1.82) is 0 Å². The first-order valence-electron chi connectivity index (χ1n) is 2.86. The fraction of sp³-hybridized carbons (Fsp3) is 1.00. The van der Waals surface area contributed by atoms with E-state index in [4.69, 9.17) is 5.11 Å². The predicted octanol–water partition coefficient (Wildman–Crippen LogP) is -0.883. The second kappa shape index (κ2) is 4.18. The van der Waals surface area contributed by atoms with Gasteiger partial charge in [0.25, 0.3) is 0 Å². The number of aliphatic hydroxyl groups excluding tert-OH is 1. The first-order valence-corrected chi connectivity index (χ1v) is 3.31. The van der Waals surface area contributed by atoms with E-state index in [1.807, 2.05) is 14.0 Å². The van der Waals surface area contributed by atoms with E-state index in [9.17, 15) is 0 Å². The molecule has 3 heteroatoms. The van der Waals surface area contributed by atoms with Gasteiger partial charge in [-0.1, -0.05) is 6.92 Å². The van der Waals surface area contributed by atoms with E-state index in [0.29, 0.717) is 0 Å². The molecule has 0 heterocycles. The van der Waals surface area contributed by atoms with E-state index in [2.05, 4.69) is 12.8 Å². The normalized spacial score (nSPS) is 18.0. The standard InChI is InChI=1S/C5H13NOS/c1-3-5(7)4-6(2)8/h5,7-8H,3-4H2,1-2H3/p+1. The molecule has 0 aliphatic carbocycles. The van der Waals surface area contributed by atoms with Crippen LogP contribution in [0.2, 0.25) is 0 Å². The Labute approximate surface area is 56.0 Å². The molecular formula is C5H14NOS+. The highest BCUT2D eigenvalue weighted by Gasteiger charge is 2.03. The van der Waals surface area contributed by atoms with Crippen molar-refractivity contribution in [3.8, 4) is 0 Å². The van der Waals surface area contributed by atoms with E-state index in [-0.39, 0.29) is 6.10 Å². The number of hydrogen-bond acceptors (Lipinski definition) is 2. The molecule has 0 amide bonds. The van der Waals surface area contributed by atoms with Crippen LogP contribution in [0.3, 0.4) is 0 Å². The maximum absolute atomic E-state index is 8.96. The van der Waals surface area contributed by atoms with E-state index < -0.39 is 0 Å². The van der Waals surface area contributed by atoms with Gasteiger partial charge in [0.2, 0.25) is 0 Å². The fourth-order valence-electron chi connectivity index (χ4n) is 0.485. The van der Waals surface area contributed by atoms with Crippen molar-refractivity contribution in [2.45, 2.75) is 19.4 Å². The molecule has 0 aliphatic heterocycles. The van der Waals surface area contributed by atoms with Crippen LogP contribution in [0.1, 0.15) is 13.3 Å². The molecule has 2 nitrogen and oxygen atoms in total. The molecule has 0 saturated heterocycles. The summed E-state index contributed by atoms with van der Waals surface area (Å²) in [5.74, 6) is 0. The molecule has 8 heavy (non-hydrogen) atoms. The van der Waals surface area contributed by atoms with Gasteiger partial charge in [-0.05, 0) is 6.42 Å². The maximum atomic E-state index is 8.96. The summed E-state index contributed by atoms with van der Waals surface area (Å²) in [6.45, 7) is 2.68. The number of likely N-dealkylation sites (N-methyl/N-ethyl adjacent to an activating group) is 1. The van der Waals surface area contributed by atoms with Gasteiger partial charge in [-0.25, -0.2) is 0 Å². The molecule has 0 saturated carbocycles. The second-order valence-corrected chi connectivity index (χ2v) is 2.76. The number of quaternary nitrogens is 1. The average molecular weight is 136 g/mol. The lowest BCUT2D eigenvalue weighted by Gasteiger charge is -2.08. The fourth-order valence-corrected chi connectivity index (χ4v) is 0.696. The summed E-state index contributed by atoms with van der Waals surface area (Å²) in [4.78, 5) is 0. The predicted molar refractivity (Wildman–Crippen MR) is 37.0 cm³/mol. The lowest BCUT2D eigenvalue weighted by Crippen LogP contribution is -3.01. The van der Waals surface area contributed by atoms with Gasteiger partial charge in [-0.15, -0.1) is 0 Å². The van der Waals surface area contributed by atoms with E-state index >= 15 is 0 Å². The summed E-state index contributed by atoms with van der Waals surface area (Å²) in [6, 6.07) is 0. The minimum Gasteiger partial charge on any atom is -0.387 e. The quantitative estimate of drug-likeness (QED) is 0.431. The summed E-state index contributed by atoms with van der Waals surface area (Å²) in [5.41, 5.74) is 0. The first kappa shape index (κ1) is 8.27. The monoisotopic (exact) mass is 136 g/mol. The molecule has 0 radical (unpaired) electrons. The van der Waals surface area contributed by atoms with Gasteiger partial charge in [-0.2, -0.15) is 0 Å². The van der Waals surface area contributed by atoms with Crippen molar-refractivity contribution in [2.75, 3.05) is 13.6 Å². The molecule has 0 aromatic rings. The molecule has 0 aromatic heterocycles. The molecule has 0 aliphatic rings. The van der Waals surface area contributed by atoms with Crippen LogP contribution in [0.25, 0.3) is 0 Å². The molecule has 0 fully saturated rings. The van der Waals surface area contributed by atoms with Crippen LogP contribution in [0.15, 0.2) is 0 Å². The third-order valence-corrected chi connectivity index (χ3v) is 1.18. The maximum Gasteiger partial charge on any atom is 0.114 e. The zero-order valence-corrected chi connectivity index (χ0v) is 6.28. The van der Waals surface area contributed by atoms with Crippen molar-refractivity contribution in [3.63, 3.8) is 0 Å². The average Bonchev–Trinajstić information content (AvgIpc) is 1.65. The highest BCUT2D eigenvalue weighted by molar-refractivity contribution is 7.73. The van der Waals surface area contributed by atoms with Crippen LogP contribution in [0.4, 0.5) is 0 Å². The Morgan fingerprint density at radius 2 is 2.25 bits per heavy atom. The van der Waals surface area contributed by atoms with Gasteiger partial charge < -0.3 is 5.11 Å². The summed E-state index contributed by atoms with van der Waals surface area (Å²) < 4.78 is 0.999. The van der Waals surface area contributed by atoms with Crippen molar-refractivity contribution in [3.05, 3.63) is 0 Å². The Morgan fingerprint density at radius 1 is 1.75 bits per heavy atom. The summed E-state index contributed by atoms with van der Waals surface area (Å²) in [7, 11) is 1.90. The SMILES string of the molecule is CCC(O)C[NH+](C)S. The smallest absolute Gasteiger partial charge is 0.114 e. The Hall–Kier alpha value is 0.270. The Morgan fingerprint density at radius 3 is 2.38 bits per heavy atom. The van der Waals surface area contributed by atoms with Gasteiger partial charge in [0.15, 0.2) is 0 Å². The first-order chi connectivity index (χ1) is 3.66. The van der Waals surface area contributed by atoms with E-state index in [1.165, 1.54) is 0 Å². The van der Waals surface area contributed by atoms with Crippen LogP contribution in [0.5, 0.6) is 0 Å². The zero-order chi connectivity index (χ0) is 6.57. The minimum atomic E-state index is -0.188. The Bertz CT molecular complexity index is 58.4. The van der Waals surface area contributed by atoms with Crippen molar-refractivity contribution < 1.29 is 9.41 Å². The number of aliphatic hydroxyl groups is 1. The molecule has 2 atom stereocenters. The van der Waals surface area contributed by atoms with Gasteiger partial charge in [0.1, 0.15) is 12.6 Å². The van der Waals surface area contributed by atoms with E-state index in [0.717, 1.165) is 17.3 Å².